The second-order valence-electron chi connectivity index (χ2n) is 5.39. The molecule has 0 fully saturated rings. The quantitative estimate of drug-likeness (QED) is 0.416. The van der Waals surface area contributed by atoms with Gasteiger partial charge in [-0.25, -0.2) is 4.98 Å². The van der Waals surface area contributed by atoms with Crippen LogP contribution in [0, 0.1) is 0 Å². The van der Waals surface area contributed by atoms with E-state index in [0.717, 1.165) is 50.1 Å². The average molecular weight is 346 g/mol. The molecule has 2 rings (SSSR count). The van der Waals surface area contributed by atoms with E-state index in [1.807, 2.05) is 30.2 Å². The third-order valence-electron chi connectivity index (χ3n) is 3.55. The van der Waals surface area contributed by atoms with Gasteiger partial charge in [-0.1, -0.05) is 30.3 Å². The van der Waals surface area contributed by atoms with Crippen LogP contribution in [0.2, 0.25) is 0 Å². The van der Waals surface area contributed by atoms with Crippen LogP contribution in [0.15, 0.2) is 47.7 Å². The summed E-state index contributed by atoms with van der Waals surface area (Å²) in [6.07, 6.45) is 6.88. The molecular formula is C18H27N5S. The summed E-state index contributed by atoms with van der Waals surface area (Å²) in [5.74, 6) is 3.01. The number of imidazole rings is 1. The zero-order valence-electron chi connectivity index (χ0n) is 14.5. The highest BCUT2D eigenvalue weighted by atomic mass is 32.2. The summed E-state index contributed by atoms with van der Waals surface area (Å²) in [4.78, 5) is 9.05. The molecule has 0 amide bonds. The van der Waals surface area contributed by atoms with E-state index in [2.05, 4.69) is 62.6 Å². The van der Waals surface area contributed by atoms with Gasteiger partial charge in [-0.2, -0.15) is 11.8 Å². The molecule has 0 atom stereocenters. The maximum atomic E-state index is 4.56. The second kappa shape index (κ2) is 10.8. The van der Waals surface area contributed by atoms with Gasteiger partial charge in [0.15, 0.2) is 5.96 Å². The molecule has 5 nitrogen and oxygen atoms in total. The number of nitrogens with zero attached hydrogens (tertiary/aromatic N) is 3. The van der Waals surface area contributed by atoms with Crippen LogP contribution in [0.5, 0.6) is 0 Å². The molecule has 6 heteroatoms. The second-order valence-corrected chi connectivity index (χ2v) is 6.37. The molecule has 1 aromatic carbocycles. The molecule has 130 valence electrons. The number of rotatable bonds is 9. The number of aliphatic imine (C=N–C) groups is 1. The first-order valence-corrected chi connectivity index (χ1v) is 9.78. The lowest BCUT2D eigenvalue weighted by Crippen LogP contribution is -2.38. The number of thioether (sulfide) groups is 1. The van der Waals surface area contributed by atoms with Crippen molar-refractivity contribution in [3.63, 3.8) is 0 Å². The Balaban J connectivity index is 1.85. The van der Waals surface area contributed by atoms with E-state index in [4.69, 9.17) is 0 Å². The van der Waals surface area contributed by atoms with E-state index in [-0.39, 0.29) is 0 Å². The van der Waals surface area contributed by atoms with Crippen molar-refractivity contribution in [3.05, 3.63) is 54.1 Å². The van der Waals surface area contributed by atoms with Crippen LogP contribution in [-0.4, -0.2) is 47.2 Å². The van der Waals surface area contributed by atoms with Crippen molar-refractivity contribution < 1.29 is 0 Å². The molecule has 0 spiro atoms. The van der Waals surface area contributed by atoms with Crippen LogP contribution in [-0.2, 0) is 13.0 Å². The molecule has 0 aliphatic heterocycles. The highest BCUT2D eigenvalue weighted by Crippen LogP contribution is 2.05. The van der Waals surface area contributed by atoms with Gasteiger partial charge in [0.25, 0.3) is 0 Å². The van der Waals surface area contributed by atoms with Gasteiger partial charge in [0.2, 0.25) is 0 Å². The maximum Gasteiger partial charge on any atom is 0.191 e. The number of guanidine groups is 1. The number of hydrogen-bond donors (Lipinski definition) is 2. The van der Waals surface area contributed by atoms with Gasteiger partial charge in [-0.3, -0.25) is 4.99 Å². The Labute approximate surface area is 149 Å². The molecule has 0 aliphatic carbocycles. The van der Waals surface area contributed by atoms with Crippen molar-refractivity contribution in [1.82, 2.24) is 20.2 Å². The number of aromatic nitrogens is 2. The van der Waals surface area contributed by atoms with Crippen molar-refractivity contribution in [2.75, 3.05) is 31.6 Å². The van der Waals surface area contributed by atoms with E-state index in [9.17, 15) is 0 Å². The normalized spacial score (nSPS) is 11.5. The van der Waals surface area contributed by atoms with Crippen LogP contribution in [0.3, 0.4) is 0 Å². The van der Waals surface area contributed by atoms with Gasteiger partial charge in [0.05, 0.1) is 6.54 Å². The summed E-state index contributed by atoms with van der Waals surface area (Å²) in [5.41, 5.74) is 1.29. The molecule has 0 saturated carbocycles. The first-order valence-electron chi connectivity index (χ1n) is 8.38. The molecule has 0 bridgehead atoms. The molecule has 2 aromatic rings. The zero-order valence-corrected chi connectivity index (χ0v) is 15.4. The van der Waals surface area contributed by atoms with Gasteiger partial charge in [-0.05, 0) is 18.7 Å². The summed E-state index contributed by atoms with van der Waals surface area (Å²) in [6, 6.07) is 10.5. The lowest BCUT2D eigenvalue weighted by Gasteiger charge is -2.12. The third-order valence-corrected chi connectivity index (χ3v) is 4.14. The lowest BCUT2D eigenvalue weighted by atomic mass is 10.2. The van der Waals surface area contributed by atoms with Crippen molar-refractivity contribution in [2.45, 2.75) is 19.9 Å². The monoisotopic (exact) mass is 345 g/mol. The van der Waals surface area contributed by atoms with Crippen molar-refractivity contribution >= 4 is 17.7 Å². The summed E-state index contributed by atoms with van der Waals surface area (Å²) < 4.78 is 2.20. The van der Waals surface area contributed by atoms with E-state index >= 15 is 0 Å². The Hall–Kier alpha value is -1.95. The SMILES string of the molecule is CCNC(=NCCSC)NCCc1nccn1Cc1ccccc1. The summed E-state index contributed by atoms with van der Waals surface area (Å²) in [7, 11) is 0. The molecule has 0 unspecified atom stereocenters. The molecule has 1 aromatic heterocycles. The van der Waals surface area contributed by atoms with Gasteiger partial charge >= 0.3 is 0 Å². The van der Waals surface area contributed by atoms with Crippen LogP contribution in [0.4, 0.5) is 0 Å². The maximum absolute atomic E-state index is 4.56. The predicted octanol–water partition coefficient (Wildman–Crippen LogP) is 2.39. The van der Waals surface area contributed by atoms with E-state index in [1.165, 1.54) is 5.56 Å². The molecule has 0 aliphatic rings. The largest absolute Gasteiger partial charge is 0.357 e. The van der Waals surface area contributed by atoms with E-state index in [0.29, 0.717) is 0 Å². The lowest BCUT2D eigenvalue weighted by molar-refractivity contribution is 0.695. The average Bonchev–Trinajstić information content (AvgIpc) is 3.03. The number of benzene rings is 1. The smallest absolute Gasteiger partial charge is 0.191 e. The minimum atomic E-state index is 0.816. The van der Waals surface area contributed by atoms with Crippen LogP contribution < -0.4 is 10.6 Å². The zero-order chi connectivity index (χ0) is 17.0. The number of nitrogens with one attached hydrogen (secondary N) is 2. The van der Waals surface area contributed by atoms with E-state index < -0.39 is 0 Å². The summed E-state index contributed by atoms with van der Waals surface area (Å²) in [6.45, 7) is 5.46. The summed E-state index contributed by atoms with van der Waals surface area (Å²) in [5, 5.41) is 6.66. The first-order chi connectivity index (χ1) is 11.8. The Kier molecular flexibility index (Phi) is 8.24. The highest BCUT2D eigenvalue weighted by molar-refractivity contribution is 7.98. The van der Waals surface area contributed by atoms with Gasteiger partial charge in [0, 0.05) is 44.2 Å². The Morgan fingerprint density at radius 1 is 1.25 bits per heavy atom. The first kappa shape index (κ1) is 18.4. The Bertz CT molecular complexity index is 609. The predicted molar refractivity (Wildman–Crippen MR) is 104 cm³/mol. The van der Waals surface area contributed by atoms with Crippen LogP contribution >= 0.6 is 11.8 Å². The van der Waals surface area contributed by atoms with Gasteiger partial charge in [-0.15, -0.1) is 0 Å². The van der Waals surface area contributed by atoms with Crippen molar-refractivity contribution in [3.8, 4) is 0 Å². The topological polar surface area (TPSA) is 54.2 Å². The van der Waals surface area contributed by atoms with Crippen LogP contribution in [0.25, 0.3) is 0 Å². The number of hydrogen-bond acceptors (Lipinski definition) is 3. The minimum absolute atomic E-state index is 0.816. The standard InChI is InChI=1S/C18H27N5S/c1-3-19-18(22-12-14-24-2)21-10-9-17-20-11-13-23(17)15-16-7-5-4-6-8-16/h4-8,11,13H,3,9-10,12,14-15H2,1-2H3,(H2,19,21,22). The molecule has 0 saturated heterocycles. The third kappa shape index (κ3) is 6.28. The molecule has 24 heavy (non-hydrogen) atoms. The Morgan fingerprint density at radius 2 is 2.08 bits per heavy atom. The van der Waals surface area contributed by atoms with Gasteiger partial charge < -0.3 is 15.2 Å². The molecular weight excluding hydrogens is 318 g/mol. The Morgan fingerprint density at radius 3 is 2.83 bits per heavy atom. The minimum Gasteiger partial charge on any atom is -0.357 e. The van der Waals surface area contributed by atoms with E-state index in [1.54, 1.807) is 0 Å². The highest BCUT2D eigenvalue weighted by Gasteiger charge is 2.04. The van der Waals surface area contributed by atoms with Crippen molar-refractivity contribution in [2.24, 2.45) is 4.99 Å². The molecule has 2 N–H and O–H groups in total. The van der Waals surface area contributed by atoms with Crippen molar-refractivity contribution in [1.29, 1.82) is 0 Å². The fourth-order valence-electron chi connectivity index (χ4n) is 2.38. The van der Waals surface area contributed by atoms with Crippen LogP contribution in [0.1, 0.15) is 18.3 Å². The fourth-order valence-corrected chi connectivity index (χ4v) is 2.65. The van der Waals surface area contributed by atoms with Gasteiger partial charge in [0.1, 0.15) is 5.82 Å². The fraction of sp³-hybridized carbons (Fsp3) is 0.444. The molecule has 1 heterocycles. The summed E-state index contributed by atoms with van der Waals surface area (Å²) >= 11 is 1.81. The molecule has 0 radical (unpaired) electrons.